The third-order valence-electron chi connectivity index (χ3n) is 2.23. The Morgan fingerprint density at radius 1 is 1.41 bits per heavy atom. The topological polar surface area (TPSA) is 56.3 Å². The van der Waals surface area contributed by atoms with Gasteiger partial charge in [-0.1, -0.05) is 13.3 Å². The molecule has 0 aliphatic carbocycles. The van der Waals surface area contributed by atoms with E-state index in [9.17, 15) is 0 Å². The minimum Gasteiger partial charge on any atom is -0.383 e. The summed E-state index contributed by atoms with van der Waals surface area (Å²) in [5.41, 5.74) is 0. The summed E-state index contributed by atoms with van der Waals surface area (Å²) in [5.74, 6) is 0.790. The van der Waals surface area contributed by atoms with Gasteiger partial charge in [-0.15, -0.1) is 0 Å². The Morgan fingerprint density at radius 3 is 2.88 bits per heavy atom. The van der Waals surface area contributed by atoms with Crippen molar-refractivity contribution in [1.29, 1.82) is 0 Å². The molecule has 0 amide bonds. The molecule has 0 radical (unpaired) electrons. The molecule has 6 heteroatoms. The van der Waals surface area contributed by atoms with Gasteiger partial charge >= 0.3 is 0 Å². The van der Waals surface area contributed by atoms with E-state index in [0.29, 0.717) is 13.2 Å². The van der Waals surface area contributed by atoms with Gasteiger partial charge in [0.1, 0.15) is 6.10 Å². The fourth-order valence-corrected chi connectivity index (χ4v) is 2.09. The SMILES string of the molecule is CCCC(OCC)c1nsc(NCCOC)n1. The molecular formula is C11H21N3O2S. The zero-order valence-corrected chi connectivity index (χ0v) is 11.5. The molecular weight excluding hydrogens is 238 g/mol. The van der Waals surface area contributed by atoms with E-state index in [1.54, 1.807) is 7.11 Å². The molecule has 0 fully saturated rings. The van der Waals surface area contributed by atoms with Gasteiger partial charge in [-0.05, 0) is 13.3 Å². The number of rotatable bonds is 9. The van der Waals surface area contributed by atoms with Crippen molar-refractivity contribution in [2.45, 2.75) is 32.8 Å². The van der Waals surface area contributed by atoms with Gasteiger partial charge in [0.25, 0.3) is 0 Å². The maximum atomic E-state index is 5.64. The van der Waals surface area contributed by atoms with Crippen LogP contribution in [0.25, 0.3) is 0 Å². The van der Waals surface area contributed by atoms with Gasteiger partial charge < -0.3 is 14.8 Å². The molecule has 1 N–H and O–H groups in total. The first-order chi connectivity index (χ1) is 8.31. The number of nitrogens with one attached hydrogen (secondary N) is 1. The first-order valence-electron chi connectivity index (χ1n) is 5.99. The average molecular weight is 259 g/mol. The summed E-state index contributed by atoms with van der Waals surface area (Å²) >= 11 is 1.37. The molecule has 0 aliphatic rings. The standard InChI is InChI=1S/C11H21N3O2S/c1-4-6-9(16-5-2)10-13-11(17-14-10)12-7-8-15-3/h9H,4-8H2,1-3H3,(H,12,13,14). The van der Waals surface area contributed by atoms with Crippen LogP contribution in [-0.2, 0) is 9.47 Å². The highest BCUT2D eigenvalue weighted by molar-refractivity contribution is 7.09. The second-order valence-corrected chi connectivity index (χ2v) is 4.36. The van der Waals surface area contributed by atoms with Crippen molar-refractivity contribution >= 4 is 16.7 Å². The monoisotopic (exact) mass is 259 g/mol. The molecule has 0 spiro atoms. The summed E-state index contributed by atoms with van der Waals surface area (Å²) in [6.45, 7) is 6.23. The van der Waals surface area contributed by atoms with Crippen molar-refractivity contribution in [3.63, 3.8) is 0 Å². The maximum absolute atomic E-state index is 5.64. The van der Waals surface area contributed by atoms with Gasteiger partial charge in [0, 0.05) is 31.8 Å². The number of hydrogen-bond acceptors (Lipinski definition) is 6. The summed E-state index contributed by atoms with van der Waals surface area (Å²) in [6, 6.07) is 0. The van der Waals surface area contributed by atoms with E-state index in [1.165, 1.54) is 11.5 Å². The first kappa shape index (κ1) is 14.3. The van der Waals surface area contributed by atoms with Crippen molar-refractivity contribution in [2.24, 2.45) is 0 Å². The summed E-state index contributed by atoms with van der Waals surface area (Å²) in [7, 11) is 1.68. The lowest BCUT2D eigenvalue weighted by atomic mass is 10.2. The van der Waals surface area contributed by atoms with Crippen molar-refractivity contribution < 1.29 is 9.47 Å². The first-order valence-corrected chi connectivity index (χ1v) is 6.77. The lowest BCUT2D eigenvalue weighted by Crippen LogP contribution is -2.08. The molecule has 1 atom stereocenters. The lowest BCUT2D eigenvalue weighted by molar-refractivity contribution is 0.0503. The Kier molecular flexibility index (Phi) is 7.07. The highest BCUT2D eigenvalue weighted by atomic mass is 32.1. The summed E-state index contributed by atoms with van der Waals surface area (Å²) in [4.78, 5) is 4.44. The molecule has 0 aromatic carbocycles. The van der Waals surface area contributed by atoms with Crippen LogP contribution in [0.1, 0.15) is 38.6 Å². The third-order valence-corrected chi connectivity index (χ3v) is 2.92. The minimum absolute atomic E-state index is 0.0271. The van der Waals surface area contributed by atoms with Crippen molar-refractivity contribution in [1.82, 2.24) is 9.36 Å². The Labute approximate surface area is 107 Å². The zero-order chi connectivity index (χ0) is 12.5. The van der Waals surface area contributed by atoms with Crippen LogP contribution in [0.2, 0.25) is 0 Å². The third kappa shape index (κ3) is 4.97. The van der Waals surface area contributed by atoms with E-state index in [4.69, 9.17) is 9.47 Å². The maximum Gasteiger partial charge on any atom is 0.202 e. The van der Waals surface area contributed by atoms with Gasteiger partial charge in [-0.2, -0.15) is 4.37 Å². The van der Waals surface area contributed by atoms with Gasteiger partial charge in [0.15, 0.2) is 5.82 Å². The number of methoxy groups -OCH3 is 1. The van der Waals surface area contributed by atoms with Crippen LogP contribution in [0.3, 0.4) is 0 Å². The van der Waals surface area contributed by atoms with E-state index in [1.807, 2.05) is 6.92 Å². The highest BCUT2D eigenvalue weighted by Crippen LogP contribution is 2.23. The van der Waals surface area contributed by atoms with Gasteiger partial charge in [0.2, 0.25) is 5.13 Å². The zero-order valence-electron chi connectivity index (χ0n) is 10.7. The van der Waals surface area contributed by atoms with E-state index >= 15 is 0 Å². The predicted octanol–water partition coefficient (Wildman–Crippen LogP) is 2.47. The molecule has 5 nitrogen and oxygen atoms in total. The molecule has 1 aromatic heterocycles. The van der Waals surface area contributed by atoms with Crippen LogP contribution in [0.15, 0.2) is 0 Å². The number of hydrogen-bond donors (Lipinski definition) is 1. The minimum atomic E-state index is 0.0271. The summed E-state index contributed by atoms with van der Waals surface area (Å²) in [5, 5.41) is 4.00. The second-order valence-electron chi connectivity index (χ2n) is 3.61. The molecule has 98 valence electrons. The molecule has 1 unspecified atom stereocenters. The molecule has 1 rings (SSSR count). The smallest absolute Gasteiger partial charge is 0.202 e. The quantitative estimate of drug-likeness (QED) is 0.690. The largest absolute Gasteiger partial charge is 0.383 e. The average Bonchev–Trinajstić information content (AvgIpc) is 2.78. The number of aromatic nitrogens is 2. The fourth-order valence-electron chi connectivity index (χ4n) is 1.45. The summed E-state index contributed by atoms with van der Waals surface area (Å²) < 4.78 is 14.9. The Bertz CT molecular complexity index is 301. The fraction of sp³-hybridized carbons (Fsp3) is 0.818. The number of anilines is 1. The second kappa shape index (κ2) is 8.38. The predicted molar refractivity (Wildman–Crippen MR) is 69.5 cm³/mol. The Morgan fingerprint density at radius 2 is 2.24 bits per heavy atom. The molecule has 0 saturated heterocycles. The van der Waals surface area contributed by atoms with Gasteiger partial charge in [-0.3, -0.25) is 0 Å². The molecule has 0 bridgehead atoms. The molecule has 0 aliphatic heterocycles. The van der Waals surface area contributed by atoms with E-state index in [2.05, 4.69) is 21.6 Å². The van der Waals surface area contributed by atoms with Crippen molar-refractivity contribution in [3.8, 4) is 0 Å². The van der Waals surface area contributed by atoms with Crippen LogP contribution in [-0.4, -0.2) is 36.2 Å². The normalized spacial score (nSPS) is 12.6. The van der Waals surface area contributed by atoms with Crippen molar-refractivity contribution in [2.75, 3.05) is 32.2 Å². The van der Waals surface area contributed by atoms with Crippen LogP contribution < -0.4 is 5.32 Å². The number of nitrogens with zero attached hydrogens (tertiary/aromatic N) is 2. The Balaban J connectivity index is 2.51. The highest BCUT2D eigenvalue weighted by Gasteiger charge is 2.16. The molecule has 17 heavy (non-hydrogen) atoms. The van der Waals surface area contributed by atoms with Crippen LogP contribution in [0, 0.1) is 0 Å². The Hall–Kier alpha value is -0.720. The van der Waals surface area contributed by atoms with E-state index in [0.717, 1.165) is 30.3 Å². The van der Waals surface area contributed by atoms with Gasteiger partial charge in [0.05, 0.1) is 6.61 Å². The number of ether oxygens (including phenoxy) is 2. The van der Waals surface area contributed by atoms with Crippen LogP contribution in [0.4, 0.5) is 5.13 Å². The molecule has 0 saturated carbocycles. The molecule has 1 aromatic rings. The summed E-state index contributed by atoms with van der Waals surface area (Å²) in [6.07, 6.45) is 2.05. The van der Waals surface area contributed by atoms with Crippen molar-refractivity contribution in [3.05, 3.63) is 5.82 Å². The van der Waals surface area contributed by atoms with Crippen LogP contribution in [0.5, 0.6) is 0 Å². The van der Waals surface area contributed by atoms with E-state index in [-0.39, 0.29) is 6.10 Å². The van der Waals surface area contributed by atoms with Crippen LogP contribution >= 0.6 is 11.5 Å². The van der Waals surface area contributed by atoms with E-state index < -0.39 is 0 Å². The molecule has 1 heterocycles. The van der Waals surface area contributed by atoms with Gasteiger partial charge in [-0.25, -0.2) is 4.98 Å². The lowest BCUT2D eigenvalue weighted by Gasteiger charge is -2.11.